The Hall–Kier alpha value is -0.830. The van der Waals surface area contributed by atoms with Gasteiger partial charge >= 0.3 is 5.97 Å². The van der Waals surface area contributed by atoms with Crippen LogP contribution in [0, 0.1) is 0 Å². The molecule has 118 valence electrons. The van der Waals surface area contributed by atoms with Crippen molar-refractivity contribution in [3.8, 4) is 0 Å². The number of methoxy groups -OCH3 is 1. The largest absolute Gasteiger partial charge is 0.479 e. The molecule has 1 atom stereocenters. The van der Waals surface area contributed by atoms with Gasteiger partial charge in [-0.1, -0.05) is 57.6 Å². The third kappa shape index (κ3) is 12.2. The number of unbranched alkanes of at least 4 members (excludes halogenated alkanes) is 8. The second-order valence-electron chi connectivity index (χ2n) is 5.37. The number of rotatable bonds is 14. The summed E-state index contributed by atoms with van der Waals surface area (Å²) in [5.74, 6) is -0.862. The summed E-state index contributed by atoms with van der Waals surface area (Å²) in [5.41, 5.74) is 0. The summed E-state index contributed by atoms with van der Waals surface area (Å²) in [6, 6.07) is 0. The number of aliphatic carboxylic acids is 1. The van der Waals surface area contributed by atoms with Crippen molar-refractivity contribution in [1.82, 2.24) is 0 Å². The number of carboxylic acid groups (broad SMARTS) is 1. The first kappa shape index (κ1) is 19.2. The first-order chi connectivity index (χ1) is 9.72. The fourth-order valence-electron chi connectivity index (χ4n) is 2.22. The highest BCUT2D eigenvalue weighted by molar-refractivity contribution is 5.72. The van der Waals surface area contributed by atoms with E-state index >= 15 is 0 Å². The van der Waals surface area contributed by atoms with Gasteiger partial charge in [0.05, 0.1) is 0 Å². The van der Waals surface area contributed by atoms with Crippen LogP contribution >= 0.6 is 0 Å². The fourth-order valence-corrected chi connectivity index (χ4v) is 2.22. The van der Waals surface area contributed by atoms with Gasteiger partial charge in [0, 0.05) is 7.11 Å². The van der Waals surface area contributed by atoms with E-state index in [4.69, 9.17) is 9.84 Å². The number of hydrogen-bond donors (Lipinski definition) is 1. The molecule has 0 fully saturated rings. The predicted octanol–water partition coefficient (Wildman–Crippen LogP) is 4.95. The summed E-state index contributed by atoms with van der Waals surface area (Å²) in [5, 5.41) is 8.81. The van der Waals surface area contributed by atoms with Crippen molar-refractivity contribution in [3.63, 3.8) is 0 Å². The SMILES string of the molecule is CCCCCCCCC/C=C\CCC[C@H](OC)C(=O)O. The van der Waals surface area contributed by atoms with Gasteiger partial charge in [0.15, 0.2) is 6.10 Å². The minimum atomic E-state index is -0.862. The molecule has 0 aliphatic heterocycles. The summed E-state index contributed by atoms with van der Waals surface area (Å²) in [4.78, 5) is 10.7. The topological polar surface area (TPSA) is 46.5 Å². The maximum Gasteiger partial charge on any atom is 0.332 e. The third-order valence-corrected chi connectivity index (χ3v) is 3.54. The van der Waals surface area contributed by atoms with Crippen molar-refractivity contribution in [2.24, 2.45) is 0 Å². The Morgan fingerprint density at radius 1 is 1.00 bits per heavy atom. The van der Waals surface area contributed by atoms with Crippen LogP contribution in [0.25, 0.3) is 0 Å². The zero-order valence-corrected chi connectivity index (χ0v) is 13.3. The molecule has 0 amide bonds. The van der Waals surface area contributed by atoms with E-state index in [0.29, 0.717) is 6.42 Å². The molecule has 0 unspecified atom stereocenters. The van der Waals surface area contributed by atoms with Crippen molar-refractivity contribution in [3.05, 3.63) is 12.2 Å². The van der Waals surface area contributed by atoms with E-state index in [1.165, 1.54) is 52.1 Å². The standard InChI is InChI=1S/C17H32O3/c1-3-4-5-6-7-8-9-10-11-12-13-14-15-16(20-2)17(18)19/h11-12,16H,3-10,13-15H2,1-2H3,(H,18,19)/b12-11-/t16-/m0/s1. The summed E-state index contributed by atoms with van der Waals surface area (Å²) >= 11 is 0. The Labute approximate surface area is 124 Å². The molecule has 0 spiro atoms. The number of carbonyl (C=O) groups is 1. The molecule has 0 aromatic heterocycles. The van der Waals surface area contributed by atoms with Crippen LogP contribution in [0.3, 0.4) is 0 Å². The average molecular weight is 284 g/mol. The maximum absolute atomic E-state index is 10.7. The van der Waals surface area contributed by atoms with E-state index in [0.717, 1.165) is 19.3 Å². The Morgan fingerprint density at radius 3 is 2.10 bits per heavy atom. The van der Waals surface area contributed by atoms with Crippen LogP contribution in [-0.4, -0.2) is 24.3 Å². The van der Waals surface area contributed by atoms with E-state index in [1.807, 2.05) is 0 Å². The van der Waals surface area contributed by atoms with Crippen molar-refractivity contribution in [1.29, 1.82) is 0 Å². The van der Waals surface area contributed by atoms with E-state index in [-0.39, 0.29) is 0 Å². The maximum atomic E-state index is 10.7. The normalized spacial score (nSPS) is 12.9. The molecule has 0 saturated heterocycles. The molecule has 0 radical (unpaired) electrons. The van der Waals surface area contributed by atoms with Gasteiger partial charge in [-0.25, -0.2) is 4.79 Å². The molecular formula is C17H32O3. The van der Waals surface area contributed by atoms with Crippen LogP contribution in [0.5, 0.6) is 0 Å². The van der Waals surface area contributed by atoms with E-state index in [9.17, 15) is 4.79 Å². The minimum Gasteiger partial charge on any atom is -0.479 e. The number of carboxylic acids is 1. The zero-order valence-electron chi connectivity index (χ0n) is 13.3. The highest BCUT2D eigenvalue weighted by Crippen LogP contribution is 2.09. The van der Waals surface area contributed by atoms with Gasteiger partial charge in [0.25, 0.3) is 0 Å². The molecular weight excluding hydrogens is 252 g/mol. The summed E-state index contributed by atoms with van der Waals surface area (Å²) in [7, 11) is 1.45. The summed E-state index contributed by atoms with van der Waals surface area (Å²) < 4.78 is 4.89. The number of allylic oxidation sites excluding steroid dienone is 2. The van der Waals surface area contributed by atoms with Crippen LogP contribution in [0.4, 0.5) is 0 Å². The molecule has 3 heteroatoms. The van der Waals surface area contributed by atoms with Crippen LogP contribution in [0.2, 0.25) is 0 Å². The average Bonchev–Trinajstić information content (AvgIpc) is 2.43. The fraction of sp³-hybridized carbons (Fsp3) is 0.824. The molecule has 20 heavy (non-hydrogen) atoms. The lowest BCUT2D eigenvalue weighted by atomic mass is 10.1. The van der Waals surface area contributed by atoms with Gasteiger partial charge in [-0.05, 0) is 32.1 Å². The van der Waals surface area contributed by atoms with Gasteiger partial charge in [-0.2, -0.15) is 0 Å². The van der Waals surface area contributed by atoms with E-state index < -0.39 is 12.1 Å². The highest BCUT2D eigenvalue weighted by atomic mass is 16.5. The third-order valence-electron chi connectivity index (χ3n) is 3.54. The monoisotopic (exact) mass is 284 g/mol. The van der Waals surface area contributed by atoms with Crippen LogP contribution < -0.4 is 0 Å². The Morgan fingerprint density at radius 2 is 1.55 bits per heavy atom. The van der Waals surface area contributed by atoms with Crippen molar-refractivity contribution in [2.45, 2.75) is 83.7 Å². The molecule has 0 bridgehead atoms. The lowest BCUT2D eigenvalue weighted by Crippen LogP contribution is -2.21. The lowest BCUT2D eigenvalue weighted by molar-refractivity contribution is -0.148. The van der Waals surface area contributed by atoms with Gasteiger partial charge in [0.2, 0.25) is 0 Å². The van der Waals surface area contributed by atoms with Crippen molar-refractivity contribution >= 4 is 5.97 Å². The lowest BCUT2D eigenvalue weighted by Gasteiger charge is -2.08. The highest BCUT2D eigenvalue weighted by Gasteiger charge is 2.14. The Bertz CT molecular complexity index is 249. The van der Waals surface area contributed by atoms with Gasteiger partial charge in [-0.3, -0.25) is 0 Å². The molecule has 0 aromatic rings. The second kappa shape index (κ2) is 14.6. The first-order valence-corrected chi connectivity index (χ1v) is 8.13. The summed E-state index contributed by atoms with van der Waals surface area (Å²) in [6.07, 6.45) is 16.7. The number of hydrogen-bond acceptors (Lipinski definition) is 2. The molecule has 1 N–H and O–H groups in total. The van der Waals surface area contributed by atoms with Crippen molar-refractivity contribution < 1.29 is 14.6 Å². The molecule has 0 heterocycles. The van der Waals surface area contributed by atoms with E-state index in [1.54, 1.807) is 0 Å². The van der Waals surface area contributed by atoms with Crippen LogP contribution in [0.15, 0.2) is 12.2 Å². The predicted molar refractivity (Wildman–Crippen MR) is 84.0 cm³/mol. The van der Waals surface area contributed by atoms with Gasteiger partial charge in [-0.15, -0.1) is 0 Å². The molecule has 0 aliphatic carbocycles. The van der Waals surface area contributed by atoms with E-state index in [2.05, 4.69) is 19.1 Å². The zero-order chi connectivity index (χ0) is 15.1. The Kier molecular flexibility index (Phi) is 14.0. The minimum absolute atomic E-state index is 0.591. The first-order valence-electron chi connectivity index (χ1n) is 8.13. The number of ether oxygens (including phenoxy) is 1. The molecule has 0 aliphatic rings. The van der Waals surface area contributed by atoms with Crippen molar-refractivity contribution in [2.75, 3.05) is 7.11 Å². The Balaban J connectivity index is 3.30. The van der Waals surface area contributed by atoms with Gasteiger partial charge < -0.3 is 9.84 Å². The quantitative estimate of drug-likeness (QED) is 0.362. The van der Waals surface area contributed by atoms with Crippen LogP contribution in [-0.2, 0) is 9.53 Å². The molecule has 3 nitrogen and oxygen atoms in total. The summed E-state index contributed by atoms with van der Waals surface area (Å²) in [6.45, 7) is 2.25. The second-order valence-corrected chi connectivity index (χ2v) is 5.37. The molecule has 0 aromatic carbocycles. The molecule has 0 rings (SSSR count). The smallest absolute Gasteiger partial charge is 0.332 e. The van der Waals surface area contributed by atoms with Gasteiger partial charge in [0.1, 0.15) is 0 Å². The molecule has 0 saturated carbocycles. The van der Waals surface area contributed by atoms with Crippen LogP contribution in [0.1, 0.15) is 77.6 Å².